The summed E-state index contributed by atoms with van der Waals surface area (Å²) in [6.07, 6.45) is -4.58. The molecule has 6 nitrogen and oxygen atoms in total. The number of rotatable bonds is 7. The van der Waals surface area contributed by atoms with Gasteiger partial charge in [-0.25, -0.2) is 13.1 Å². The van der Waals surface area contributed by atoms with Crippen LogP contribution in [-0.2, 0) is 21.2 Å². The minimum atomic E-state index is -4.86. The van der Waals surface area contributed by atoms with Crippen LogP contribution >= 0.6 is 0 Å². The second-order valence-corrected chi connectivity index (χ2v) is 7.33. The summed E-state index contributed by atoms with van der Waals surface area (Å²) < 4.78 is 66.5. The third-order valence-electron chi connectivity index (χ3n) is 3.53. The molecule has 146 valence electrons. The van der Waals surface area contributed by atoms with E-state index in [1.807, 2.05) is 0 Å². The summed E-state index contributed by atoms with van der Waals surface area (Å²) in [7, 11) is -2.24. The molecule has 0 fully saturated rings. The average molecular weight is 402 g/mol. The second-order valence-electron chi connectivity index (χ2n) is 5.44. The fraction of sp³-hybridized carbons (Fsp3) is 0.235. The molecule has 0 saturated heterocycles. The molecule has 0 saturated carbocycles. The van der Waals surface area contributed by atoms with Crippen molar-refractivity contribution in [3.05, 3.63) is 54.1 Å². The van der Waals surface area contributed by atoms with Gasteiger partial charge in [-0.2, -0.15) is 0 Å². The van der Waals surface area contributed by atoms with Gasteiger partial charge >= 0.3 is 6.36 Å². The summed E-state index contributed by atoms with van der Waals surface area (Å²) in [4.78, 5) is 12.1. The van der Waals surface area contributed by atoms with E-state index in [2.05, 4.69) is 14.8 Å². The number of halogens is 3. The van der Waals surface area contributed by atoms with Crippen LogP contribution in [0, 0.1) is 0 Å². The van der Waals surface area contributed by atoms with Crippen molar-refractivity contribution in [1.29, 1.82) is 0 Å². The zero-order valence-electron chi connectivity index (χ0n) is 14.2. The largest absolute Gasteiger partial charge is 0.573 e. The van der Waals surface area contributed by atoms with Crippen molar-refractivity contribution >= 4 is 21.6 Å². The monoisotopic (exact) mass is 402 g/mol. The number of para-hydroxylation sites is 2. The van der Waals surface area contributed by atoms with Crippen molar-refractivity contribution in [2.75, 3.05) is 12.4 Å². The Morgan fingerprint density at radius 3 is 2.30 bits per heavy atom. The van der Waals surface area contributed by atoms with Gasteiger partial charge in [0.25, 0.3) is 0 Å². The van der Waals surface area contributed by atoms with E-state index in [4.69, 9.17) is 0 Å². The van der Waals surface area contributed by atoms with Crippen molar-refractivity contribution in [2.24, 2.45) is 0 Å². The number of carbonyl (C=O) groups excluding carboxylic acids is 1. The van der Waals surface area contributed by atoms with E-state index in [-0.39, 0.29) is 23.4 Å². The number of anilines is 1. The zero-order chi connectivity index (χ0) is 20.1. The van der Waals surface area contributed by atoms with Crippen LogP contribution in [0.2, 0.25) is 0 Å². The van der Waals surface area contributed by atoms with Crippen LogP contribution in [0.1, 0.15) is 12.0 Å². The Balaban J connectivity index is 1.97. The number of hydrogen-bond donors (Lipinski definition) is 2. The Hall–Kier alpha value is -2.59. The molecule has 2 aromatic rings. The summed E-state index contributed by atoms with van der Waals surface area (Å²) in [5, 5.41) is 2.38. The van der Waals surface area contributed by atoms with E-state index in [9.17, 15) is 26.4 Å². The number of ether oxygens (including phenoxy) is 1. The van der Waals surface area contributed by atoms with E-state index < -0.39 is 28.0 Å². The lowest BCUT2D eigenvalue weighted by molar-refractivity contribution is -0.274. The van der Waals surface area contributed by atoms with Crippen LogP contribution in [0.25, 0.3) is 0 Å². The van der Waals surface area contributed by atoms with Gasteiger partial charge in [-0.1, -0.05) is 24.3 Å². The predicted octanol–water partition coefficient (Wildman–Crippen LogP) is 3.06. The number of nitrogens with one attached hydrogen (secondary N) is 2. The summed E-state index contributed by atoms with van der Waals surface area (Å²) in [5.41, 5.74) is 0.621. The fourth-order valence-electron chi connectivity index (χ4n) is 2.21. The number of carbonyl (C=O) groups is 1. The van der Waals surface area contributed by atoms with Crippen LogP contribution in [0.5, 0.6) is 5.75 Å². The molecule has 0 aliphatic carbocycles. The molecule has 27 heavy (non-hydrogen) atoms. The number of aryl methyl sites for hydroxylation is 1. The standard InChI is InChI=1S/C17H17F3N2O4S/c1-21-27(24,25)13-9-6-12(7-10-13)8-11-16(23)22-14-4-2-3-5-15(14)26-17(18,19)20/h2-7,9-10,21H,8,11H2,1H3,(H,22,23). The first-order valence-electron chi connectivity index (χ1n) is 7.78. The molecule has 0 aliphatic rings. The van der Waals surface area contributed by atoms with Gasteiger partial charge in [-0.3, -0.25) is 4.79 Å². The average Bonchev–Trinajstić information content (AvgIpc) is 2.61. The van der Waals surface area contributed by atoms with E-state index in [0.717, 1.165) is 6.07 Å². The van der Waals surface area contributed by atoms with E-state index in [1.54, 1.807) is 12.1 Å². The molecule has 0 aliphatic heterocycles. The van der Waals surface area contributed by atoms with Gasteiger partial charge in [-0.15, -0.1) is 13.2 Å². The lowest BCUT2D eigenvalue weighted by Gasteiger charge is -2.13. The molecule has 2 aromatic carbocycles. The highest BCUT2D eigenvalue weighted by atomic mass is 32.2. The Kier molecular flexibility index (Phi) is 6.45. The summed E-state index contributed by atoms with van der Waals surface area (Å²) in [6, 6.07) is 11.2. The van der Waals surface area contributed by atoms with Crippen LogP contribution < -0.4 is 14.8 Å². The van der Waals surface area contributed by atoms with Crippen molar-refractivity contribution in [3.8, 4) is 5.75 Å². The van der Waals surface area contributed by atoms with Crippen LogP contribution in [0.3, 0.4) is 0 Å². The maximum atomic E-state index is 12.4. The molecule has 0 radical (unpaired) electrons. The first-order chi connectivity index (χ1) is 12.6. The van der Waals surface area contributed by atoms with E-state index in [0.29, 0.717) is 5.56 Å². The molecule has 0 atom stereocenters. The number of hydrogen-bond acceptors (Lipinski definition) is 4. The Labute approximate surface area is 154 Å². The highest BCUT2D eigenvalue weighted by molar-refractivity contribution is 7.89. The predicted molar refractivity (Wildman–Crippen MR) is 92.8 cm³/mol. The lowest BCUT2D eigenvalue weighted by atomic mass is 10.1. The third-order valence-corrected chi connectivity index (χ3v) is 4.96. The topological polar surface area (TPSA) is 84.5 Å². The molecule has 2 N–H and O–H groups in total. The molecule has 10 heteroatoms. The molecule has 0 spiro atoms. The van der Waals surface area contributed by atoms with Crippen molar-refractivity contribution in [3.63, 3.8) is 0 Å². The van der Waals surface area contributed by atoms with Crippen molar-refractivity contribution in [2.45, 2.75) is 24.1 Å². The lowest BCUT2D eigenvalue weighted by Crippen LogP contribution is -2.19. The normalized spacial score (nSPS) is 11.9. The highest BCUT2D eigenvalue weighted by Gasteiger charge is 2.32. The zero-order valence-corrected chi connectivity index (χ0v) is 15.0. The van der Waals surface area contributed by atoms with Crippen molar-refractivity contribution < 1.29 is 31.1 Å². The van der Waals surface area contributed by atoms with Crippen LogP contribution in [0.4, 0.5) is 18.9 Å². The molecule has 0 bridgehead atoms. The van der Waals surface area contributed by atoms with Gasteiger partial charge in [0, 0.05) is 6.42 Å². The number of sulfonamides is 1. The van der Waals surface area contributed by atoms with Gasteiger partial charge in [0.05, 0.1) is 10.6 Å². The molecular weight excluding hydrogens is 385 g/mol. The second kappa shape index (κ2) is 8.40. The SMILES string of the molecule is CNS(=O)(=O)c1ccc(CCC(=O)Nc2ccccc2OC(F)(F)F)cc1. The number of alkyl halides is 3. The molecule has 0 aromatic heterocycles. The van der Waals surface area contributed by atoms with Gasteiger partial charge in [0.1, 0.15) is 0 Å². The molecular formula is C17H17F3N2O4S. The van der Waals surface area contributed by atoms with Gasteiger partial charge < -0.3 is 10.1 Å². The quantitative estimate of drug-likeness (QED) is 0.746. The molecule has 2 rings (SSSR count). The Morgan fingerprint density at radius 2 is 1.70 bits per heavy atom. The van der Waals surface area contributed by atoms with E-state index in [1.165, 1.54) is 37.4 Å². The highest BCUT2D eigenvalue weighted by Crippen LogP contribution is 2.30. The maximum absolute atomic E-state index is 12.4. The van der Waals surface area contributed by atoms with Crippen LogP contribution in [0.15, 0.2) is 53.4 Å². The molecule has 1 amide bonds. The van der Waals surface area contributed by atoms with Gasteiger partial charge in [-0.05, 0) is 43.3 Å². The Bertz CT molecular complexity index is 897. The first kappa shape index (κ1) is 20.7. The van der Waals surface area contributed by atoms with Crippen LogP contribution in [-0.4, -0.2) is 27.7 Å². The third kappa shape index (κ3) is 6.26. The minimum Gasteiger partial charge on any atom is -0.404 e. The summed E-state index contributed by atoms with van der Waals surface area (Å²) >= 11 is 0. The summed E-state index contributed by atoms with van der Waals surface area (Å²) in [6.45, 7) is 0. The number of benzene rings is 2. The maximum Gasteiger partial charge on any atom is 0.573 e. The fourth-order valence-corrected chi connectivity index (χ4v) is 2.94. The minimum absolute atomic E-state index is 0.00151. The smallest absolute Gasteiger partial charge is 0.404 e. The first-order valence-corrected chi connectivity index (χ1v) is 9.26. The van der Waals surface area contributed by atoms with Gasteiger partial charge in [0.2, 0.25) is 15.9 Å². The number of amides is 1. The molecule has 0 heterocycles. The Morgan fingerprint density at radius 1 is 1.07 bits per heavy atom. The molecule has 0 unspecified atom stereocenters. The summed E-state index contributed by atoms with van der Waals surface area (Å²) in [5.74, 6) is -1.000. The van der Waals surface area contributed by atoms with Crippen molar-refractivity contribution in [1.82, 2.24) is 4.72 Å². The van der Waals surface area contributed by atoms with Gasteiger partial charge in [0.15, 0.2) is 5.75 Å². The van der Waals surface area contributed by atoms with E-state index >= 15 is 0 Å².